The molecule has 0 aliphatic heterocycles. The maximum absolute atomic E-state index is 11.8. The first kappa shape index (κ1) is 14.9. The third kappa shape index (κ3) is 1.78. The molecular weight excluding hydrogens is 276 g/mol. The van der Waals surface area contributed by atoms with Crippen molar-refractivity contribution in [3.63, 3.8) is 0 Å². The Kier molecular flexibility index (Phi) is 3.16. The van der Waals surface area contributed by atoms with Gasteiger partial charge in [0.2, 0.25) is 0 Å². The Balaban J connectivity index is 1.73. The van der Waals surface area contributed by atoms with Crippen LogP contribution in [-0.4, -0.2) is 28.2 Å². The maximum Gasteiger partial charge on any atom is 0.155 e. The van der Waals surface area contributed by atoms with Gasteiger partial charge in [-0.15, -0.1) is 0 Å². The van der Waals surface area contributed by atoms with E-state index in [9.17, 15) is 15.0 Å². The smallest absolute Gasteiger partial charge is 0.155 e. The number of ketones is 1. The molecule has 0 heterocycles. The third-order valence-corrected chi connectivity index (χ3v) is 7.93. The highest BCUT2D eigenvalue weighted by atomic mass is 16.3. The van der Waals surface area contributed by atoms with Gasteiger partial charge in [-0.25, -0.2) is 0 Å². The topological polar surface area (TPSA) is 57.5 Å². The Morgan fingerprint density at radius 2 is 1.86 bits per heavy atom. The number of aliphatic hydroxyl groups excluding tert-OH is 2. The molecule has 0 unspecified atom stereocenters. The van der Waals surface area contributed by atoms with Gasteiger partial charge < -0.3 is 10.2 Å². The van der Waals surface area contributed by atoms with E-state index in [1.54, 1.807) is 6.08 Å². The Morgan fingerprint density at radius 3 is 2.64 bits per heavy atom. The molecule has 0 aromatic carbocycles. The zero-order valence-corrected chi connectivity index (χ0v) is 13.7. The van der Waals surface area contributed by atoms with Crippen LogP contribution in [0.25, 0.3) is 0 Å². The van der Waals surface area contributed by atoms with Gasteiger partial charge >= 0.3 is 0 Å². The van der Waals surface area contributed by atoms with Crippen LogP contribution in [0, 0.1) is 28.6 Å². The molecule has 0 bridgehead atoms. The van der Waals surface area contributed by atoms with E-state index in [-0.39, 0.29) is 22.7 Å². The maximum atomic E-state index is 11.8. The highest BCUT2D eigenvalue weighted by molar-refractivity contribution is 5.91. The van der Waals surface area contributed by atoms with Crippen LogP contribution in [0.1, 0.15) is 58.8 Å². The first-order valence-electron chi connectivity index (χ1n) is 8.97. The van der Waals surface area contributed by atoms with Crippen LogP contribution in [-0.2, 0) is 4.79 Å². The molecule has 3 nitrogen and oxygen atoms in total. The summed E-state index contributed by atoms with van der Waals surface area (Å²) in [5, 5.41) is 21.2. The summed E-state index contributed by atoms with van der Waals surface area (Å²) in [7, 11) is 0. The van der Waals surface area contributed by atoms with Crippen LogP contribution < -0.4 is 0 Å². The average Bonchev–Trinajstić information content (AvgIpc) is 2.77. The normalized spacial score (nSPS) is 54.3. The second-order valence-electron chi connectivity index (χ2n) is 8.75. The fraction of sp³-hybridized carbons (Fsp3) is 0.842. The van der Waals surface area contributed by atoms with E-state index >= 15 is 0 Å². The monoisotopic (exact) mass is 304 g/mol. The Morgan fingerprint density at radius 1 is 1.09 bits per heavy atom. The van der Waals surface area contributed by atoms with Gasteiger partial charge in [0.15, 0.2) is 5.78 Å². The van der Waals surface area contributed by atoms with E-state index < -0.39 is 6.10 Å². The first-order valence-corrected chi connectivity index (χ1v) is 8.97. The number of aliphatic hydroxyl groups is 2. The largest absolute Gasteiger partial charge is 0.393 e. The standard InChI is InChI=1S/C19H28O3/c1-18-7-5-11(20)9-15(18)16(21)10-12-13-3-4-17(22)19(13,2)8-6-14(12)18/h9,12-14,16-17,21-22H,3-8,10H2,1-2H3/t12-,13-,14-,16+,17-,18+,19+/m0/s1. The summed E-state index contributed by atoms with van der Waals surface area (Å²) < 4.78 is 0. The predicted octanol–water partition coefficient (Wildman–Crippen LogP) is 2.85. The molecule has 4 aliphatic carbocycles. The van der Waals surface area contributed by atoms with Crippen molar-refractivity contribution >= 4 is 5.78 Å². The second kappa shape index (κ2) is 4.67. The summed E-state index contributed by atoms with van der Waals surface area (Å²) in [6, 6.07) is 0. The summed E-state index contributed by atoms with van der Waals surface area (Å²) in [4.78, 5) is 11.8. The van der Waals surface area contributed by atoms with E-state index in [4.69, 9.17) is 0 Å². The minimum Gasteiger partial charge on any atom is -0.393 e. The summed E-state index contributed by atoms with van der Waals surface area (Å²) in [6.07, 6.45) is 7.65. The lowest BCUT2D eigenvalue weighted by molar-refractivity contribution is -0.120. The van der Waals surface area contributed by atoms with Crippen molar-refractivity contribution in [2.75, 3.05) is 0 Å². The van der Waals surface area contributed by atoms with E-state index in [1.807, 2.05) is 0 Å². The highest BCUT2D eigenvalue weighted by Crippen LogP contribution is 2.65. The van der Waals surface area contributed by atoms with E-state index in [1.165, 1.54) is 0 Å². The molecule has 122 valence electrons. The van der Waals surface area contributed by atoms with Crippen LogP contribution in [0.15, 0.2) is 11.6 Å². The van der Waals surface area contributed by atoms with Crippen molar-refractivity contribution < 1.29 is 15.0 Å². The molecule has 3 fully saturated rings. The fourth-order valence-electron chi connectivity index (χ4n) is 6.58. The molecule has 3 heteroatoms. The van der Waals surface area contributed by atoms with Crippen molar-refractivity contribution in [1.82, 2.24) is 0 Å². The van der Waals surface area contributed by atoms with Gasteiger partial charge in [-0.05, 0) is 78.8 Å². The van der Waals surface area contributed by atoms with Gasteiger partial charge in [0.1, 0.15) is 0 Å². The summed E-state index contributed by atoms with van der Waals surface area (Å²) >= 11 is 0. The van der Waals surface area contributed by atoms with Gasteiger partial charge in [-0.3, -0.25) is 4.79 Å². The minimum atomic E-state index is -0.462. The van der Waals surface area contributed by atoms with Crippen molar-refractivity contribution in [2.45, 2.75) is 71.0 Å². The van der Waals surface area contributed by atoms with Gasteiger partial charge in [0, 0.05) is 6.42 Å². The molecule has 4 aliphatic rings. The lowest BCUT2D eigenvalue weighted by atomic mass is 9.47. The zero-order valence-electron chi connectivity index (χ0n) is 13.7. The summed E-state index contributed by atoms with van der Waals surface area (Å²) in [6.45, 7) is 4.54. The number of carbonyl (C=O) groups is 1. The van der Waals surface area contributed by atoms with Gasteiger partial charge in [-0.1, -0.05) is 13.8 Å². The first-order chi connectivity index (χ1) is 10.4. The molecule has 3 saturated carbocycles. The van der Waals surface area contributed by atoms with Crippen LogP contribution in [0.5, 0.6) is 0 Å². The lowest BCUT2D eigenvalue weighted by Crippen LogP contribution is -2.54. The molecule has 0 aromatic heterocycles. The molecule has 0 aromatic rings. The quantitative estimate of drug-likeness (QED) is 0.723. The Labute approximate surface area is 132 Å². The van der Waals surface area contributed by atoms with E-state index in [2.05, 4.69) is 13.8 Å². The van der Waals surface area contributed by atoms with Crippen LogP contribution in [0.2, 0.25) is 0 Å². The van der Waals surface area contributed by atoms with Crippen LogP contribution >= 0.6 is 0 Å². The molecule has 7 atom stereocenters. The lowest BCUT2D eigenvalue weighted by Gasteiger charge is -2.58. The number of rotatable bonds is 0. The Bertz CT molecular complexity index is 539. The molecule has 0 saturated heterocycles. The minimum absolute atomic E-state index is 0.00881. The predicted molar refractivity (Wildman–Crippen MR) is 84.1 cm³/mol. The number of hydrogen-bond donors (Lipinski definition) is 2. The van der Waals surface area contributed by atoms with Crippen molar-refractivity contribution in [1.29, 1.82) is 0 Å². The summed E-state index contributed by atoms with van der Waals surface area (Å²) in [5.74, 6) is 1.79. The van der Waals surface area contributed by atoms with Crippen LogP contribution in [0.3, 0.4) is 0 Å². The molecule has 2 N–H and O–H groups in total. The average molecular weight is 304 g/mol. The van der Waals surface area contributed by atoms with Crippen molar-refractivity contribution in [3.05, 3.63) is 11.6 Å². The fourth-order valence-corrected chi connectivity index (χ4v) is 6.58. The molecule has 0 radical (unpaired) electrons. The second-order valence-corrected chi connectivity index (χ2v) is 8.75. The highest BCUT2D eigenvalue weighted by Gasteiger charge is 2.60. The number of fused-ring (bicyclic) bond motifs is 5. The number of hydrogen-bond acceptors (Lipinski definition) is 3. The van der Waals surface area contributed by atoms with Crippen molar-refractivity contribution in [2.24, 2.45) is 28.6 Å². The van der Waals surface area contributed by atoms with Gasteiger partial charge in [-0.2, -0.15) is 0 Å². The van der Waals surface area contributed by atoms with Gasteiger partial charge in [0.05, 0.1) is 12.2 Å². The molecule has 0 amide bonds. The molecular formula is C19H28O3. The van der Waals surface area contributed by atoms with E-state index in [0.29, 0.717) is 24.2 Å². The summed E-state index contributed by atoms with van der Waals surface area (Å²) in [5.41, 5.74) is 1.04. The van der Waals surface area contributed by atoms with Crippen LogP contribution in [0.4, 0.5) is 0 Å². The molecule has 0 spiro atoms. The Hall–Kier alpha value is -0.670. The third-order valence-electron chi connectivity index (χ3n) is 7.93. The SMILES string of the molecule is C[C@@]12CC[C@H]3[C@@H](C[C@@H](O)C4=CC(=O)CC[C@@]43C)[C@@H]1CC[C@@H]2O. The zero-order chi connectivity index (χ0) is 15.7. The molecule has 22 heavy (non-hydrogen) atoms. The van der Waals surface area contributed by atoms with E-state index in [0.717, 1.165) is 44.1 Å². The van der Waals surface area contributed by atoms with Gasteiger partial charge in [0.25, 0.3) is 0 Å². The molecule has 4 rings (SSSR count). The number of carbonyl (C=O) groups excluding carboxylic acids is 1. The van der Waals surface area contributed by atoms with Crippen molar-refractivity contribution in [3.8, 4) is 0 Å².